The predicted molar refractivity (Wildman–Crippen MR) is 101 cm³/mol. The van der Waals surface area contributed by atoms with Crippen LogP contribution in [-0.4, -0.2) is 50.2 Å². The molecule has 3 N–H and O–H groups in total. The number of likely N-dealkylation sites (tertiary alicyclic amines) is 1. The SMILES string of the molecule is CC1(CN)CCN(CC(=O)Nc2cc3c(cc2Cl)OCCCO3)C1.Cl. The van der Waals surface area contributed by atoms with Gasteiger partial charge in [0.05, 0.1) is 30.5 Å². The maximum Gasteiger partial charge on any atom is 0.238 e. The van der Waals surface area contributed by atoms with Crippen LogP contribution in [0.3, 0.4) is 0 Å². The van der Waals surface area contributed by atoms with Gasteiger partial charge in [0.2, 0.25) is 5.91 Å². The van der Waals surface area contributed by atoms with E-state index in [0.29, 0.717) is 48.5 Å². The average molecular weight is 390 g/mol. The summed E-state index contributed by atoms with van der Waals surface area (Å²) in [6.45, 7) is 6.05. The molecule has 0 radical (unpaired) electrons. The molecule has 0 bridgehead atoms. The Morgan fingerprint density at radius 1 is 1.36 bits per heavy atom. The molecule has 1 amide bonds. The van der Waals surface area contributed by atoms with Gasteiger partial charge in [-0.1, -0.05) is 18.5 Å². The number of ether oxygens (including phenoxy) is 2. The van der Waals surface area contributed by atoms with Crippen molar-refractivity contribution in [2.24, 2.45) is 11.1 Å². The fraction of sp³-hybridized carbons (Fsp3) is 0.588. The van der Waals surface area contributed by atoms with Crippen molar-refractivity contribution in [2.75, 3.05) is 44.7 Å². The van der Waals surface area contributed by atoms with Crippen LogP contribution in [0.5, 0.6) is 11.5 Å². The zero-order valence-electron chi connectivity index (χ0n) is 14.3. The van der Waals surface area contributed by atoms with Gasteiger partial charge in [0.15, 0.2) is 11.5 Å². The van der Waals surface area contributed by atoms with Crippen LogP contribution in [0.1, 0.15) is 19.8 Å². The molecule has 0 aliphatic carbocycles. The largest absolute Gasteiger partial charge is 0.490 e. The minimum Gasteiger partial charge on any atom is -0.490 e. The first-order valence-corrected chi connectivity index (χ1v) is 8.68. The third kappa shape index (κ3) is 4.91. The fourth-order valence-corrected chi connectivity index (χ4v) is 3.30. The van der Waals surface area contributed by atoms with Crippen molar-refractivity contribution in [2.45, 2.75) is 19.8 Å². The van der Waals surface area contributed by atoms with Gasteiger partial charge in [-0.25, -0.2) is 0 Å². The number of carbonyl (C=O) groups excluding carboxylic acids is 1. The van der Waals surface area contributed by atoms with Gasteiger partial charge < -0.3 is 20.5 Å². The maximum atomic E-state index is 12.3. The van der Waals surface area contributed by atoms with Gasteiger partial charge in [0, 0.05) is 25.1 Å². The topological polar surface area (TPSA) is 76.8 Å². The van der Waals surface area contributed by atoms with Gasteiger partial charge in [0.25, 0.3) is 0 Å². The van der Waals surface area contributed by atoms with Crippen LogP contribution < -0.4 is 20.5 Å². The average Bonchev–Trinajstić information content (AvgIpc) is 2.77. The molecule has 1 unspecified atom stereocenters. The molecule has 1 saturated heterocycles. The molecule has 1 fully saturated rings. The van der Waals surface area contributed by atoms with Crippen LogP contribution in [0.15, 0.2) is 12.1 Å². The van der Waals surface area contributed by atoms with Crippen LogP contribution in [0.25, 0.3) is 0 Å². The van der Waals surface area contributed by atoms with E-state index in [-0.39, 0.29) is 23.7 Å². The molecule has 1 atom stereocenters. The third-order valence-corrected chi connectivity index (χ3v) is 4.92. The molecule has 1 aromatic carbocycles. The molecule has 6 nitrogen and oxygen atoms in total. The highest BCUT2D eigenvalue weighted by atomic mass is 35.5. The number of fused-ring (bicyclic) bond motifs is 1. The summed E-state index contributed by atoms with van der Waals surface area (Å²) >= 11 is 6.26. The first-order valence-electron chi connectivity index (χ1n) is 8.30. The second-order valence-corrected chi connectivity index (χ2v) is 7.26. The van der Waals surface area contributed by atoms with E-state index < -0.39 is 0 Å². The molecule has 2 heterocycles. The Kier molecular flexibility index (Phi) is 6.79. The molecule has 3 rings (SSSR count). The molecule has 0 aromatic heterocycles. The van der Waals surface area contributed by atoms with Crippen molar-refractivity contribution in [3.63, 3.8) is 0 Å². The Balaban J connectivity index is 0.00000225. The quantitative estimate of drug-likeness (QED) is 0.826. The van der Waals surface area contributed by atoms with E-state index in [2.05, 4.69) is 17.1 Å². The van der Waals surface area contributed by atoms with Gasteiger partial charge in [-0.05, 0) is 24.9 Å². The number of hydrogen-bond donors (Lipinski definition) is 2. The molecule has 1 aromatic rings. The van der Waals surface area contributed by atoms with Gasteiger partial charge >= 0.3 is 0 Å². The number of carbonyl (C=O) groups is 1. The standard InChI is InChI=1S/C17H24ClN3O3.ClH/c1-17(10-19)3-4-21(11-17)9-16(22)20-13-8-15-14(7-12(13)18)23-5-2-6-24-15;/h7-8H,2-6,9-11,19H2,1H3,(H,20,22);1H. The lowest BCUT2D eigenvalue weighted by atomic mass is 9.90. The van der Waals surface area contributed by atoms with Crippen LogP contribution >= 0.6 is 24.0 Å². The van der Waals surface area contributed by atoms with Crippen LogP contribution in [-0.2, 0) is 4.79 Å². The number of nitrogens with zero attached hydrogens (tertiary/aromatic N) is 1. The van der Waals surface area contributed by atoms with E-state index in [4.69, 9.17) is 26.8 Å². The molecule has 2 aliphatic heterocycles. The number of halogens is 2. The van der Waals surface area contributed by atoms with E-state index in [1.165, 1.54) is 0 Å². The second-order valence-electron chi connectivity index (χ2n) is 6.85. The van der Waals surface area contributed by atoms with Gasteiger partial charge in [0.1, 0.15) is 0 Å². The summed E-state index contributed by atoms with van der Waals surface area (Å²) in [7, 11) is 0. The Labute approximate surface area is 159 Å². The van der Waals surface area contributed by atoms with Gasteiger partial charge in [-0.15, -0.1) is 12.4 Å². The number of anilines is 1. The second kappa shape index (κ2) is 8.45. The normalized spacial score (nSPS) is 22.8. The lowest BCUT2D eigenvalue weighted by Crippen LogP contribution is -2.35. The van der Waals surface area contributed by atoms with Crippen LogP contribution in [0.2, 0.25) is 5.02 Å². The number of nitrogens with one attached hydrogen (secondary N) is 1. The monoisotopic (exact) mass is 389 g/mol. The number of amides is 1. The van der Waals surface area contributed by atoms with Crippen molar-refractivity contribution in [1.29, 1.82) is 0 Å². The first-order chi connectivity index (χ1) is 11.5. The minimum absolute atomic E-state index is 0. The summed E-state index contributed by atoms with van der Waals surface area (Å²) in [5.41, 5.74) is 6.46. The lowest BCUT2D eigenvalue weighted by molar-refractivity contribution is -0.117. The summed E-state index contributed by atoms with van der Waals surface area (Å²) in [4.78, 5) is 14.5. The van der Waals surface area contributed by atoms with Gasteiger partial charge in [-0.3, -0.25) is 9.69 Å². The molecule has 140 valence electrons. The molecular formula is C17H25Cl2N3O3. The predicted octanol–water partition coefficient (Wildman–Crippen LogP) is 2.53. The number of rotatable bonds is 4. The summed E-state index contributed by atoms with van der Waals surface area (Å²) in [5.74, 6) is 1.14. The highest BCUT2D eigenvalue weighted by molar-refractivity contribution is 6.34. The molecule has 0 spiro atoms. The maximum absolute atomic E-state index is 12.3. The highest BCUT2D eigenvalue weighted by Crippen LogP contribution is 2.37. The van der Waals surface area contributed by atoms with Crippen LogP contribution in [0, 0.1) is 5.41 Å². The molecule has 2 aliphatic rings. The van der Waals surface area contributed by atoms with E-state index in [1.54, 1.807) is 12.1 Å². The van der Waals surface area contributed by atoms with Crippen molar-refractivity contribution in [1.82, 2.24) is 4.90 Å². The van der Waals surface area contributed by atoms with Crippen molar-refractivity contribution >= 4 is 35.6 Å². The number of nitrogens with two attached hydrogens (primary N) is 1. The van der Waals surface area contributed by atoms with Gasteiger partial charge in [-0.2, -0.15) is 0 Å². The van der Waals surface area contributed by atoms with Crippen molar-refractivity contribution in [3.8, 4) is 11.5 Å². The van der Waals surface area contributed by atoms with E-state index >= 15 is 0 Å². The summed E-state index contributed by atoms with van der Waals surface area (Å²) < 4.78 is 11.2. The zero-order valence-corrected chi connectivity index (χ0v) is 15.9. The summed E-state index contributed by atoms with van der Waals surface area (Å²) in [6, 6.07) is 3.42. The smallest absolute Gasteiger partial charge is 0.238 e. The first kappa shape index (κ1) is 20.1. The Morgan fingerprint density at radius 2 is 2.04 bits per heavy atom. The van der Waals surface area contributed by atoms with Crippen LogP contribution in [0.4, 0.5) is 5.69 Å². The summed E-state index contributed by atoms with van der Waals surface area (Å²) in [6.07, 6.45) is 1.84. The van der Waals surface area contributed by atoms with E-state index in [0.717, 1.165) is 25.9 Å². The highest BCUT2D eigenvalue weighted by Gasteiger charge is 2.33. The van der Waals surface area contributed by atoms with E-state index in [1.807, 2.05) is 0 Å². The zero-order chi connectivity index (χ0) is 17.2. The third-order valence-electron chi connectivity index (χ3n) is 4.61. The van der Waals surface area contributed by atoms with Crippen molar-refractivity contribution in [3.05, 3.63) is 17.2 Å². The fourth-order valence-electron chi connectivity index (χ4n) is 3.10. The molecular weight excluding hydrogens is 365 g/mol. The van der Waals surface area contributed by atoms with E-state index in [9.17, 15) is 4.79 Å². The Morgan fingerprint density at radius 3 is 2.68 bits per heavy atom. The molecule has 0 saturated carbocycles. The minimum atomic E-state index is -0.0901. The number of hydrogen-bond acceptors (Lipinski definition) is 5. The Bertz CT molecular complexity index is 629. The molecule has 8 heteroatoms. The lowest BCUT2D eigenvalue weighted by Gasteiger charge is -2.22. The van der Waals surface area contributed by atoms with Crippen molar-refractivity contribution < 1.29 is 14.3 Å². The Hall–Kier alpha value is -1.21. The number of benzene rings is 1. The molecule has 25 heavy (non-hydrogen) atoms. The summed E-state index contributed by atoms with van der Waals surface area (Å²) in [5, 5.41) is 3.32.